The number of rotatable bonds is 9. The van der Waals surface area contributed by atoms with E-state index >= 15 is 0 Å². The number of sulfonamides is 1. The summed E-state index contributed by atoms with van der Waals surface area (Å²) in [6, 6.07) is 11.7. The number of carbonyl (C=O) groups excluding carboxylic acids is 1. The van der Waals surface area contributed by atoms with Crippen molar-refractivity contribution in [1.29, 1.82) is 0 Å². The molecule has 0 saturated heterocycles. The van der Waals surface area contributed by atoms with Gasteiger partial charge in [-0.15, -0.1) is 0 Å². The van der Waals surface area contributed by atoms with Gasteiger partial charge >= 0.3 is 0 Å². The van der Waals surface area contributed by atoms with Crippen molar-refractivity contribution in [1.82, 2.24) is 5.32 Å². The van der Waals surface area contributed by atoms with Crippen LogP contribution in [0.25, 0.3) is 0 Å². The number of hydrogen-bond acceptors (Lipinski definition) is 6. The molecule has 2 rings (SSSR count). The lowest BCUT2D eigenvalue weighted by Crippen LogP contribution is -2.41. The topological polar surface area (TPSA) is 94.2 Å². The average molecular weight is 423 g/mol. The molecule has 9 heteroatoms. The number of anilines is 1. The van der Waals surface area contributed by atoms with Gasteiger partial charge in [0.05, 0.1) is 39.3 Å². The Labute approximate surface area is 171 Å². The fourth-order valence-electron chi connectivity index (χ4n) is 2.77. The second-order valence-electron chi connectivity index (χ2n) is 6.37. The van der Waals surface area contributed by atoms with Gasteiger partial charge in [0.15, 0.2) is 0 Å². The largest absolute Gasteiger partial charge is 0.497 e. The zero-order chi connectivity index (χ0) is 21.6. The van der Waals surface area contributed by atoms with E-state index in [0.717, 1.165) is 16.1 Å². The summed E-state index contributed by atoms with van der Waals surface area (Å²) in [5.41, 5.74) is 1.12. The molecular formula is C20H26N2O6S. The third-order valence-electron chi connectivity index (χ3n) is 4.34. The zero-order valence-corrected chi connectivity index (χ0v) is 17.9. The Morgan fingerprint density at radius 3 is 2.10 bits per heavy atom. The van der Waals surface area contributed by atoms with Crippen LogP contribution in [-0.2, 0) is 14.8 Å². The molecule has 1 N–H and O–H groups in total. The summed E-state index contributed by atoms with van der Waals surface area (Å²) in [5.74, 6) is 1.06. The van der Waals surface area contributed by atoms with Crippen molar-refractivity contribution in [2.75, 3.05) is 38.4 Å². The Bertz CT molecular complexity index is 944. The van der Waals surface area contributed by atoms with E-state index in [9.17, 15) is 13.2 Å². The van der Waals surface area contributed by atoms with Crippen LogP contribution < -0.4 is 23.8 Å². The normalized spacial score (nSPS) is 12.0. The monoisotopic (exact) mass is 422 g/mol. The predicted molar refractivity (Wildman–Crippen MR) is 111 cm³/mol. The molecule has 0 radical (unpaired) electrons. The molecule has 0 saturated carbocycles. The molecule has 0 spiro atoms. The number of amides is 1. The number of nitrogens with one attached hydrogen (secondary N) is 1. The number of nitrogens with zero attached hydrogens (tertiary/aromatic N) is 1. The van der Waals surface area contributed by atoms with Gasteiger partial charge in [0, 0.05) is 6.07 Å². The molecule has 0 fully saturated rings. The maximum atomic E-state index is 12.6. The van der Waals surface area contributed by atoms with Crippen molar-refractivity contribution in [2.24, 2.45) is 0 Å². The van der Waals surface area contributed by atoms with Crippen molar-refractivity contribution in [3.8, 4) is 17.2 Å². The second-order valence-corrected chi connectivity index (χ2v) is 8.28. The SMILES string of the molecule is COc1ccc([C@@H](C)NC(=O)CN(c2ccc(OC)cc2OC)S(C)(=O)=O)cc1. The van der Waals surface area contributed by atoms with Crippen LogP contribution in [0.2, 0.25) is 0 Å². The third-order valence-corrected chi connectivity index (χ3v) is 5.46. The highest BCUT2D eigenvalue weighted by Gasteiger charge is 2.25. The van der Waals surface area contributed by atoms with E-state index in [2.05, 4.69) is 5.32 Å². The van der Waals surface area contributed by atoms with Gasteiger partial charge in [-0.2, -0.15) is 0 Å². The van der Waals surface area contributed by atoms with Crippen molar-refractivity contribution in [3.63, 3.8) is 0 Å². The van der Waals surface area contributed by atoms with E-state index in [1.165, 1.54) is 14.2 Å². The molecule has 0 unspecified atom stereocenters. The van der Waals surface area contributed by atoms with Gasteiger partial charge in [-0.3, -0.25) is 9.10 Å². The smallest absolute Gasteiger partial charge is 0.241 e. The van der Waals surface area contributed by atoms with Crippen molar-refractivity contribution >= 4 is 21.6 Å². The second kappa shape index (κ2) is 9.51. The highest BCUT2D eigenvalue weighted by molar-refractivity contribution is 7.92. The first-order valence-corrected chi connectivity index (χ1v) is 10.7. The van der Waals surface area contributed by atoms with Gasteiger partial charge in [-0.25, -0.2) is 8.42 Å². The van der Waals surface area contributed by atoms with Crippen LogP contribution in [0.15, 0.2) is 42.5 Å². The highest BCUT2D eigenvalue weighted by Crippen LogP contribution is 2.33. The molecule has 1 amide bonds. The molecule has 0 aliphatic heterocycles. The summed E-state index contributed by atoms with van der Waals surface area (Å²) in [4.78, 5) is 12.6. The zero-order valence-electron chi connectivity index (χ0n) is 17.1. The number of hydrogen-bond donors (Lipinski definition) is 1. The summed E-state index contributed by atoms with van der Waals surface area (Å²) in [6.45, 7) is 1.43. The summed E-state index contributed by atoms with van der Waals surface area (Å²) >= 11 is 0. The number of benzene rings is 2. The van der Waals surface area contributed by atoms with Crippen LogP contribution in [0.1, 0.15) is 18.5 Å². The molecule has 158 valence electrons. The van der Waals surface area contributed by atoms with Gasteiger partial charge in [0.1, 0.15) is 23.8 Å². The van der Waals surface area contributed by atoms with Crippen LogP contribution in [-0.4, -0.2) is 48.5 Å². The van der Waals surface area contributed by atoms with Crippen molar-refractivity contribution in [2.45, 2.75) is 13.0 Å². The molecule has 0 heterocycles. The first-order valence-electron chi connectivity index (χ1n) is 8.82. The van der Waals surface area contributed by atoms with Gasteiger partial charge in [0.2, 0.25) is 15.9 Å². The quantitative estimate of drug-likeness (QED) is 0.667. The van der Waals surface area contributed by atoms with Gasteiger partial charge in [-0.1, -0.05) is 12.1 Å². The van der Waals surface area contributed by atoms with E-state index in [4.69, 9.17) is 14.2 Å². The summed E-state index contributed by atoms with van der Waals surface area (Å²) < 4.78 is 41.3. The van der Waals surface area contributed by atoms with Gasteiger partial charge in [0.25, 0.3) is 0 Å². The number of carbonyl (C=O) groups is 1. The first-order chi connectivity index (χ1) is 13.7. The fraction of sp³-hybridized carbons (Fsp3) is 0.350. The molecule has 0 bridgehead atoms. The lowest BCUT2D eigenvalue weighted by molar-refractivity contribution is -0.120. The minimum absolute atomic E-state index is 0.253. The molecule has 0 aromatic heterocycles. The van der Waals surface area contributed by atoms with Gasteiger partial charge in [-0.05, 0) is 36.8 Å². The predicted octanol–water partition coefficient (Wildman–Crippen LogP) is 2.36. The van der Waals surface area contributed by atoms with Crippen LogP contribution >= 0.6 is 0 Å². The third kappa shape index (κ3) is 5.77. The Balaban J connectivity index is 2.21. The van der Waals surface area contributed by atoms with E-state index < -0.39 is 15.9 Å². The van der Waals surface area contributed by atoms with Crippen LogP contribution in [0.3, 0.4) is 0 Å². The molecule has 2 aromatic rings. The fourth-order valence-corrected chi connectivity index (χ4v) is 3.63. The minimum atomic E-state index is -3.74. The minimum Gasteiger partial charge on any atom is -0.497 e. The summed E-state index contributed by atoms with van der Waals surface area (Å²) in [7, 11) is 0.755. The van der Waals surface area contributed by atoms with E-state index in [0.29, 0.717) is 11.5 Å². The molecule has 8 nitrogen and oxygen atoms in total. The van der Waals surface area contributed by atoms with Crippen LogP contribution in [0.5, 0.6) is 17.2 Å². The summed E-state index contributed by atoms with van der Waals surface area (Å²) in [5, 5.41) is 2.81. The Morgan fingerprint density at radius 2 is 1.59 bits per heavy atom. The van der Waals surface area contributed by atoms with Gasteiger partial charge < -0.3 is 19.5 Å². The van der Waals surface area contributed by atoms with E-state index in [-0.39, 0.29) is 24.0 Å². The van der Waals surface area contributed by atoms with Crippen LogP contribution in [0.4, 0.5) is 5.69 Å². The average Bonchev–Trinajstić information content (AvgIpc) is 2.70. The lowest BCUT2D eigenvalue weighted by atomic mass is 10.1. The molecule has 1 atom stereocenters. The van der Waals surface area contributed by atoms with Crippen molar-refractivity contribution in [3.05, 3.63) is 48.0 Å². The molecular weight excluding hydrogens is 396 g/mol. The molecule has 2 aromatic carbocycles. The summed E-state index contributed by atoms with van der Waals surface area (Å²) in [6.07, 6.45) is 1.04. The molecule has 0 aliphatic carbocycles. The molecule has 29 heavy (non-hydrogen) atoms. The van der Waals surface area contributed by atoms with E-state index in [1.807, 2.05) is 19.1 Å². The molecule has 0 aliphatic rings. The maximum absolute atomic E-state index is 12.6. The Morgan fingerprint density at radius 1 is 1.00 bits per heavy atom. The maximum Gasteiger partial charge on any atom is 0.241 e. The first kappa shape index (κ1) is 22.4. The van der Waals surface area contributed by atoms with Crippen LogP contribution in [0, 0.1) is 0 Å². The lowest BCUT2D eigenvalue weighted by Gasteiger charge is -2.25. The van der Waals surface area contributed by atoms with Crippen molar-refractivity contribution < 1.29 is 27.4 Å². The standard InChI is InChI=1S/C20H26N2O6S/c1-14(15-6-8-16(26-2)9-7-15)21-20(23)13-22(29(5,24)25)18-11-10-17(27-3)12-19(18)28-4/h6-12,14H,13H2,1-5H3,(H,21,23)/t14-/m1/s1. The van der Waals surface area contributed by atoms with E-state index in [1.54, 1.807) is 37.4 Å². The number of methoxy groups -OCH3 is 3. The highest BCUT2D eigenvalue weighted by atomic mass is 32.2. The number of ether oxygens (including phenoxy) is 3. The Hall–Kier alpha value is -2.94. The Kier molecular flexibility index (Phi) is 7.33.